The molecule has 0 aliphatic rings. The van der Waals surface area contributed by atoms with Crippen molar-refractivity contribution in [1.29, 1.82) is 0 Å². The fourth-order valence-corrected chi connectivity index (χ4v) is 3.31. The molecule has 0 aliphatic heterocycles. The third-order valence-corrected chi connectivity index (χ3v) is 4.67. The van der Waals surface area contributed by atoms with Gasteiger partial charge >= 0.3 is 0 Å². The first-order chi connectivity index (χ1) is 14.5. The Hall–Kier alpha value is -4.01. The molecule has 0 aliphatic carbocycles. The molecule has 4 rings (SSSR count). The van der Waals surface area contributed by atoms with Crippen LogP contribution in [-0.4, -0.2) is 37.6 Å². The predicted molar refractivity (Wildman–Crippen MR) is 110 cm³/mol. The molecule has 2 aromatic heterocycles. The molecule has 8 nitrogen and oxygen atoms in total. The van der Waals surface area contributed by atoms with Gasteiger partial charge in [0.15, 0.2) is 5.82 Å². The summed E-state index contributed by atoms with van der Waals surface area (Å²) < 4.78 is 15.7. The largest absolute Gasteiger partial charge is 0.361 e. The molecule has 2 amide bonds. The highest BCUT2D eigenvalue weighted by Crippen LogP contribution is 2.21. The second-order valence-corrected chi connectivity index (χ2v) is 6.81. The van der Waals surface area contributed by atoms with E-state index in [4.69, 9.17) is 0 Å². The van der Waals surface area contributed by atoms with Crippen LogP contribution in [0.2, 0.25) is 0 Å². The van der Waals surface area contributed by atoms with Crippen molar-refractivity contribution in [2.24, 2.45) is 0 Å². The number of hydrogen-bond acceptors (Lipinski definition) is 4. The van der Waals surface area contributed by atoms with Crippen molar-refractivity contribution in [3.8, 4) is 5.69 Å². The zero-order valence-electron chi connectivity index (χ0n) is 16.1. The molecule has 1 unspecified atom stereocenters. The maximum Gasteiger partial charge on any atom is 0.247 e. The van der Waals surface area contributed by atoms with Crippen LogP contribution in [0.15, 0.2) is 61.3 Å². The van der Waals surface area contributed by atoms with Gasteiger partial charge in [-0.05, 0) is 29.8 Å². The van der Waals surface area contributed by atoms with Crippen LogP contribution < -0.4 is 10.6 Å². The SMILES string of the molecule is CC(=O)NC(Cc1c[nH]c2ccccc12)C(=O)Nc1ccc(-n2cncn2)c(F)c1. The molecule has 4 aromatic rings. The summed E-state index contributed by atoms with van der Waals surface area (Å²) in [4.78, 5) is 31.5. The minimum absolute atomic E-state index is 0.211. The first kappa shape index (κ1) is 19.3. The molecule has 2 heterocycles. The van der Waals surface area contributed by atoms with Gasteiger partial charge in [-0.15, -0.1) is 0 Å². The van der Waals surface area contributed by atoms with Crippen molar-refractivity contribution in [1.82, 2.24) is 25.1 Å². The van der Waals surface area contributed by atoms with Crippen molar-refractivity contribution < 1.29 is 14.0 Å². The topological polar surface area (TPSA) is 105 Å². The van der Waals surface area contributed by atoms with E-state index in [1.165, 1.54) is 36.4 Å². The van der Waals surface area contributed by atoms with Crippen molar-refractivity contribution in [3.63, 3.8) is 0 Å². The number of anilines is 1. The average molecular weight is 406 g/mol. The lowest BCUT2D eigenvalue weighted by molar-refractivity contribution is -0.125. The van der Waals surface area contributed by atoms with Crippen molar-refractivity contribution in [3.05, 3.63) is 72.7 Å². The van der Waals surface area contributed by atoms with Crippen LogP contribution in [0, 0.1) is 5.82 Å². The Bertz CT molecular complexity index is 1200. The number of rotatable bonds is 6. The number of halogens is 1. The van der Waals surface area contributed by atoms with Gasteiger partial charge in [-0.3, -0.25) is 9.59 Å². The lowest BCUT2D eigenvalue weighted by atomic mass is 10.0. The first-order valence-corrected chi connectivity index (χ1v) is 9.29. The van der Waals surface area contributed by atoms with Gasteiger partial charge in [-0.25, -0.2) is 14.1 Å². The van der Waals surface area contributed by atoms with Crippen LogP contribution in [0.3, 0.4) is 0 Å². The molecular formula is C21H19FN6O2. The van der Waals surface area contributed by atoms with Gasteiger partial charge in [0.2, 0.25) is 11.8 Å². The van der Waals surface area contributed by atoms with Gasteiger partial charge in [-0.1, -0.05) is 18.2 Å². The van der Waals surface area contributed by atoms with E-state index in [0.29, 0.717) is 0 Å². The smallest absolute Gasteiger partial charge is 0.247 e. The van der Waals surface area contributed by atoms with Crippen LogP contribution in [0.1, 0.15) is 12.5 Å². The summed E-state index contributed by atoms with van der Waals surface area (Å²) in [5.41, 5.74) is 2.32. The van der Waals surface area contributed by atoms with Crippen LogP contribution in [-0.2, 0) is 16.0 Å². The van der Waals surface area contributed by atoms with E-state index in [0.717, 1.165) is 16.5 Å². The summed E-state index contributed by atoms with van der Waals surface area (Å²) in [5, 5.41) is 10.2. The van der Waals surface area contributed by atoms with Gasteiger partial charge < -0.3 is 15.6 Å². The Labute approximate surface area is 171 Å². The van der Waals surface area contributed by atoms with E-state index in [1.807, 2.05) is 30.5 Å². The van der Waals surface area contributed by atoms with Gasteiger partial charge in [0, 0.05) is 36.1 Å². The minimum Gasteiger partial charge on any atom is -0.361 e. The number of carbonyl (C=O) groups excluding carboxylic acids is 2. The molecule has 0 saturated heterocycles. The molecule has 30 heavy (non-hydrogen) atoms. The molecule has 2 aromatic carbocycles. The molecule has 1 atom stereocenters. The molecule has 3 N–H and O–H groups in total. The van der Waals surface area contributed by atoms with Gasteiger partial charge in [0.05, 0.1) is 0 Å². The number of H-pyrrole nitrogens is 1. The highest BCUT2D eigenvalue weighted by atomic mass is 19.1. The molecule has 152 valence electrons. The fourth-order valence-electron chi connectivity index (χ4n) is 3.31. The highest BCUT2D eigenvalue weighted by Gasteiger charge is 2.22. The van der Waals surface area contributed by atoms with Crippen LogP contribution in [0.4, 0.5) is 10.1 Å². The van der Waals surface area contributed by atoms with E-state index < -0.39 is 17.8 Å². The fraction of sp³-hybridized carbons (Fsp3) is 0.143. The predicted octanol–water partition coefficient (Wildman–Crippen LogP) is 2.57. The molecule has 0 spiro atoms. The van der Waals surface area contributed by atoms with Crippen LogP contribution >= 0.6 is 0 Å². The normalized spacial score (nSPS) is 11.9. The standard InChI is InChI=1S/C21H19FN6O2/c1-13(29)26-19(8-14-10-24-18-5-3-2-4-16(14)18)21(30)27-15-6-7-20(17(22)9-15)28-12-23-11-25-28/h2-7,9-12,19,24H,8H2,1H3,(H,26,29)(H,27,30). The van der Waals surface area contributed by atoms with Crippen LogP contribution in [0.5, 0.6) is 0 Å². The Morgan fingerprint density at radius 3 is 2.80 bits per heavy atom. The zero-order valence-corrected chi connectivity index (χ0v) is 16.1. The van der Waals surface area contributed by atoms with Crippen molar-refractivity contribution >= 4 is 28.4 Å². The highest BCUT2D eigenvalue weighted by molar-refractivity contribution is 5.97. The zero-order chi connectivity index (χ0) is 21.1. The minimum atomic E-state index is -0.820. The summed E-state index contributed by atoms with van der Waals surface area (Å²) >= 11 is 0. The molecule has 0 saturated carbocycles. The summed E-state index contributed by atoms with van der Waals surface area (Å²) in [6, 6.07) is 11.1. The van der Waals surface area contributed by atoms with E-state index in [9.17, 15) is 14.0 Å². The number of fused-ring (bicyclic) bond motifs is 1. The van der Waals surface area contributed by atoms with E-state index in [-0.39, 0.29) is 23.7 Å². The Kier molecular flexibility index (Phi) is 5.25. The summed E-state index contributed by atoms with van der Waals surface area (Å²) in [6.07, 6.45) is 4.79. The molecule has 0 fully saturated rings. The summed E-state index contributed by atoms with van der Waals surface area (Å²) in [6.45, 7) is 1.35. The third-order valence-electron chi connectivity index (χ3n) is 4.67. The average Bonchev–Trinajstić information content (AvgIpc) is 3.38. The second kappa shape index (κ2) is 8.16. The van der Waals surface area contributed by atoms with E-state index >= 15 is 0 Å². The quantitative estimate of drug-likeness (QED) is 0.458. The summed E-state index contributed by atoms with van der Waals surface area (Å²) in [7, 11) is 0. The Morgan fingerprint density at radius 2 is 2.07 bits per heavy atom. The molecule has 0 radical (unpaired) electrons. The van der Waals surface area contributed by atoms with Crippen molar-refractivity contribution in [2.45, 2.75) is 19.4 Å². The number of carbonyl (C=O) groups is 2. The number of hydrogen-bond donors (Lipinski definition) is 3. The number of benzene rings is 2. The molecular weight excluding hydrogens is 387 g/mol. The number of nitrogens with one attached hydrogen (secondary N) is 3. The monoisotopic (exact) mass is 406 g/mol. The van der Waals surface area contributed by atoms with Gasteiger partial charge in [0.25, 0.3) is 0 Å². The number of amides is 2. The van der Waals surface area contributed by atoms with E-state index in [2.05, 4.69) is 25.7 Å². The van der Waals surface area contributed by atoms with Crippen LogP contribution in [0.25, 0.3) is 16.6 Å². The number of nitrogens with zero attached hydrogens (tertiary/aromatic N) is 3. The third kappa shape index (κ3) is 4.04. The van der Waals surface area contributed by atoms with Gasteiger partial charge in [0.1, 0.15) is 24.4 Å². The summed E-state index contributed by atoms with van der Waals surface area (Å²) in [5.74, 6) is -1.34. The maximum atomic E-state index is 14.4. The second-order valence-electron chi connectivity index (χ2n) is 6.81. The maximum absolute atomic E-state index is 14.4. The van der Waals surface area contributed by atoms with Crippen molar-refractivity contribution in [2.75, 3.05) is 5.32 Å². The molecule has 0 bridgehead atoms. The molecule has 9 heteroatoms. The lowest BCUT2D eigenvalue weighted by Gasteiger charge is -2.18. The first-order valence-electron chi connectivity index (χ1n) is 9.29. The Balaban J connectivity index is 1.54. The number of aromatic nitrogens is 4. The lowest BCUT2D eigenvalue weighted by Crippen LogP contribution is -2.44. The Morgan fingerprint density at radius 1 is 1.23 bits per heavy atom. The number of aromatic amines is 1. The number of para-hydroxylation sites is 1. The van der Waals surface area contributed by atoms with E-state index in [1.54, 1.807) is 6.07 Å². The van der Waals surface area contributed by atoms with Gasteiger partial charge in [-0.2, -0.15) is 5.10 Å².